The number of rotatable bonds is 5. The molecule has 0 atom stereocenters. The second-order valence-corrected chi connectivity index (χ2v) is 6.20. The Morgan fingerprint density at radius 1 is 0.926 bits per heavy atom. The van der Waals surface area contributed by atoms with Gasteiger partial charge in [-0.2, -0.15) is 4.98 Å². The van der Waals surface area contributed by atoms with Crippen LogP contribution in [0, 0.1) is 12.7 Å². The van der Waals surface area contributed by atoms with Gasteiger partial charge in [-0.15, -0.1) is 0 Å². The molecule has 2 aromatic carbocycles. The van der Waals surface area contributed by atoms with Gasteiger partial charge in [0.2, 0.25) is 5.82 Å². The summed E-state index contributed by atoms with van der Waals surface area (Å²) in [6.07, 6.45) is 1.68. The predicted molar refractivity (Wildman–Crippen MR) is 101 cm³/mol. The molecule has 27 heavy (non-hydrogen) atoms. The van der Waals surface area contributed by atoms with Crippen molar-refractivity contribution in [2.75, 3.05) is 5.32 Å². The lowest BCUT2D eigenvalue weighted by molar-refractivity contribution is 0.432. The predicted octanol–water partition coefficient (Wildman–Crippen LogP) is 4.86. The second kappa shape index (κ2) is 7.37. The summed E-state index contributed by atoms with van der Waals surface area (Å²) in [4.78, 5) is 8.81. The third kappa shape index (κ3) is 4.00. The SMILES string of the molecule is Cc1ccc(-c2noc(-c3ccc(NCc4ccc(F)cc4)nc3)n2)cc1. The smallest absolute Gasteiger partial charge is 0.259 e. The Labute approximate surface area is 155 Å². The fourth-order valence-corrected chi connectivity index (χ4v) is 2.58. The summed E-state index contributed by atoms with van der Waals surface area (Å²) in [7, 11) is 0. The molecule has 0 aliphatic rings. The number of hydrogen-bond acceptors (Lipinski definition) is 5. The minimum Gasteiger partial charge on any atom is -0.366 e. The van der Waals surface area contributed by atoms with E-state index in [4.69, 9.17) is 4.52 Å². The topological polar surface area (TPSA) is 63.8 Å². The van der Waals surface area contributed by atoms with Gasteiger partial charge in [-0.25, -0.2) is 9.37 Å². The van der Waals surface area contributed by atoms with E-state index in [2.05, 4.69) is 20.4 Å². The van der Waals surface area contributed by atoms with Crippen molar-refractivity contribution in [1.29, 1.82) is 0 Å². The highest BCUT2D eigenvalue weighted by Gasteiger charge is 2.11. The minimum absolute atomic E-state index is 0.245. The Balaban J connectivity index is 1.44. The molecule has 4 rings (SSSR count). The van der Waals surface area contributed by atoms with Crippen LogP contribution in [0.25, 0.3) is 22.8 Å². The van der Waals surface area contributed by atoms with Crippen LogP contribution in [0.2, 0.25) is 0 Å². The van der Waals surface area contributed by atoms with E-state index < -0.39 is 0 Å². The molecule has 5 nitrogen and oxygen atoms in total. The van der Waals surface area contributed by atoms with Crippen molar-refractivity contribution < 1.29 is 8.91 Å². The van der Waals surface area contributed by atoms with Gasteiger partial charge in [0.25, 0.3) is 5.89 Å². The van der Waals surface area contributed by atoms with E-state index in [1.165, 1.54) is 17.7 Å². The highest BCUT2D eigenvalue weighted by atomic mass is 19.1. The van der Waals surface area contributed by atoms with Crippen LogP contribution in [0.4, 0.5) is 10.2 Å². The number of halogens is 1. The van der Waals surface area contributed by atoms with E-state index in [1.54, 1.807) is 18.3 Å². The molecule has 0 aliphatic carbocycles. The summed E-state index contributed by atoms with van der Waals surface area (Å²) >= 11 is 0. The van der Waals surface area contributed by atoms with Crippen molar-refractivity contribution in [3.63, 3.8) is 0 Å². The number of hydrogen-bond donors (Lipinski definition) is 1. The number of aromatic nitrogens is 3. The quantitative estimate of drug-likeness (QED) is 0.551. The average Bonchev–Trinajstić information content (AvgIpc) is 3.19. The maximum atomic E-state index is 12.9. The Hall–Kier alpha value is -3.54. The largest absolute Gasteiger partial charge is 0.366 e. The molecule has 2 heterocycles. The first-order valence-electron chi connectivity index (χ1n) is 8.53. The number of pyridine rings is 1. The molecule has 0 unspecified atom stereocenters. The number of benzene rings is 2. The summed E-state index contributed by atoms with van der Waals surface area (Å²) in [5.74, 6) is 1.43. The van der Waals surface area contributed by atoms with Gasteiger partial charge in [-0.3, -0.25) is 0 Å². The van der Waals surface area contributed by atoms with E-state index in [0.29, 0.717) is 24.1 Å². The van der Waals surface area contributed by atoms with Gasteiger partial charge in [-0.1, -0.05) is 47.1 Å². The Morgan fingerprint density at radius 2 is 1.67 bits per heavy atom. The number of nitrogens with zero attached hydrogens (tertiary/aromatic N) is 3. The lowest BCUT2D eigenvalue weighted by Crippen LogP contribution is -2.01. The lowest BCUT2D eigenvalue weighted by Gasteiger charge is -2.05. The molecule has 0 bridgehead atoms. The number of anilines is 1. The summed E-state index contributed by atoms with van der Waals surface area (Å²) < 4.78 is 18.3. The molecule has 0 amide bonds. The lowest BCUT2D eigenvalue weighted by atomic mass is 10.1. The van der Waals surface area contributed by atoms with Crippen LogP contribution < -0.4 is 5.32 Å². The van der Waals surface area contributed by atoms with Crippen molar-refractivity contribution in [1.82, 2.24) is 15.1 Å². The van der Waals surface area contributed by atoms with E-state index in [-0.39, 0.29) is 5.82 Å². The molecule has 134 valence electrons. The molecule has 0 saturated carbocycles. The number of aryl methyl sites for hydroxylation is 1. The number of nitrogens with one attached hydrogen (secondary N) is 1. The summed E-state index contributed by atoms with van der Waals surface area (Å²) in [5.41, 5.74) is 3.80. The van der Waals surface area contributed by atoms with Gasteiger partial charge in [-0.05, 0) is 36.8 Å². The fraction of sp³-hybridized carbons (Fsp3) is 0.0952. The molecular formula is C21H17FN4O. The summed E-state index contributed by atoms with van der Waals surface area (Å²) in [5, 5.41) is 7.23. The van der Waals surface area contributed by atoms with Crippen LogP contribution >= 0.6 is 0 Å². The zero-order valence-electron chi connectivity index (χ0n) is 14.7. The van der Waals surface area contributed by atoms with Crippen LogP contribution in [-0.4, -0.2) is 15.1 Å². The van der Waals surface area contributed by atoms with E-state index in [9.17, 15) is 4.39 Å². The molecule has 0 fully saturated rings. The maximum absolute atomic E-state index is 12.9. The third-order valence-electron chi connectivity index (χ3n) is 4.13. The van der Waals surface area contributed by atoms with Crippen LogP contribution in [0.5, 0.6) is 0 Å². The van der Waals surface area contributed by atoms with Gasteiger partial charge in [0.05, 0.1) is 5.56 Å². The molecular weight excluding hydrogens is 343 g/mol. The standard InChI is InChI=1S/C21H17FN4O/c1-14-2-6-16(7-3-14)20-25-21(27-26-20)17-8-11-19(24-13-17)23-12-15-4-9-18(22)10-5-15/h2-11,13H,12H2,1H3,(H,23,24). The fourth-order valence-electron chi connectivity index (χ4n) is 2.58. The minimum atomic E-state index is -0.245. The van der Waals surface area contributed by atoms with Gasteiger partial charge in [0.1, 0.15) is 11.6 Å². The van der Waals surface area contributed by atoms with Gasteiger partial charge in [0, 0.05) is 18.3 Å². The monoisotopic (exact) mass is 360 g/mol. The summed E-state index contributed by atoms with van der Waals surface area (Å²) in [6.45, 7) is 2.59. The normalized spacial score (nSPS) is 10.7. The molecule has 0 aliphatic heterocycles. The van der Waals surface area contributed by atoms with Crippen molar-refractivity contribution in [3.05, 3.63) is 83.8 Å². The van der Waals surface area contributed by atoms with Crippen LogP contribution in [-0.2, 0) is 6.54 Å². The van der Waals surface area contributed by atoms with Crippen LogP contribution in [0.1, 0.15) is 11.1 Å². The van der Waals surface area contributed by atoms with Crippen molar-refractivity contribution in [3.8, 4) is 22.8 Å². The zero-order valence-corrected chi connectivity index (χ0v) is 14.7. The van der Waals surface area contributed by atoms with Gasteiger partial charge >= 0.3 is 0 Å². The van der Waals surface area contributed by atoms with Crippen LogP contribution in [0.15, 0.2) is 71.4 Å². The van der Waals surface area contributed by atoms with E-state index >= 15 is 0 Å². The van der Waals surface area contributed by atoms with Crippen LogP contribution in [0.3, 0.4) is 0 Å². The first-order chi connectivity index (χ1) is 13.2. The molecule has 2 aromatic heterocycles. The molecule has 1 N–H and O–H groups in total. The first-order valence-corrected chi connectivity index (χ1v) is 8.53. The Kier molecular flexibility index (Phi) is 4.61. The molecule has 6 heteroatoms. The summed E-state index contributed by atoms with van der Waals surface area (Å²) in [6, 6.07) is 18.0. The van der Waals surface area contributed by atoms with Gasteiger partial charge in [0.15, 0.2) is 0 Å². The maximum Gasteiger partial charge on any atom is 0.259 e. The molecule has 0 radical (unpaired) electrons. The van der Waals surface area contributed by atoms with Gasteiger partial charge < -0.3 is 9.84 Å². The Bertz CT molecular complexity index is 1030. The highest BCUT2D eigenvalue weighted by Crippen LogP contribution is 2.22. The molecule has 0 saturated heterocycles. The van der Waals surface area contributed by atoms with Crippen molar-refractivity contribution in [2.24, 2.45) is 0 Å². The second-order valence-electron chi connectivity index (χ2n) is 6.20. The van der Waals surface area contributed by atoms with E-state index in [1.807, 2.05) is 43.3 Å². The average molecular weight is 360 g/mol. The molecule has 0 spiro atoms. The Morgan fingerprint density at radius 3 is 2.37 bits per heavy atom. The highest BCUT2D eigenvalue weighted by molar-refractivity contribution is 5.60. The van der Waals surface area contributed by atoms with Crippen molar-refractivity contribution in [2.45, 2.75) is 13.5 Å². The van der Waals surface area contributed by atoms with E-state index in [0.717, 1.165) is 16.7 Å². The molecule has 4 aromatic rings. The third-order valence-corrected chi connectivity index (χ3v) is 4.13. The first kappa shape index (κ1) is 16.9. The zero-order chi connectivity index (χ0) is 18.6. The van der Waals surface area contributed by atoms with Crippen molar-refractivity contribution >= 4 is 5.82 Å².